The third kappa shape index (κ3) is 2.11. The maximum absolute atomic E-state index is 13.1. The van der Waals surface area contributed by atoms with Gasteiger partial charge in [0.05, 0.1) is 17.7 Å². The highest BCUT2D eigenvalue weighted by molar-refractivity contribution is 6.35. The summed E-state index contributed by atoms with van der Waals surface area (Å²) in [6, 6.07) is 2.37. The van der Waals surface area contributed by atoms with Gasteiger partial charge in [0.2, 0.25) is 0 Å². The van der Waals surface area contributed by atoms with E-state index in [4.69, 9.17) is 23.2 Å². The second-order valence-electron chi connectivity index (χ2n) is 2.24. The largest absolute Gasteiger partial charge is 0.465 e. The number of rotatable bonds is 1. The van der Waals surface area contributed by atoms with E-state index in [0.29, 0.717) is 0 Å². The fourth-order valence-corrected chi connectivity index (χ4v) is 1.31. The van der Waals surface area contributed by atoms with E-state index in [1.165, 1.54) is 6.07 Å². The number of carbonyl (C=O) groups excluding carboxylic acids is 1. The van der Waals surface area contributed by atoms with Gasteiger partial charge in [0.15, 0.2) is 5.82 Å². The molecule has 13 heavy (non-hydrogen) atoms. The third-order valence-corrected chi connectivity index (χ3v) is 1.89. The maximum atomic E-state index is 13.1. The van der Waals surface area contributed by atoms with Gasteiger partial charge in [0, 0.05) is 5.02 Å². The van der Waals surface area contributed by atoms with Crippen LogP contribution in [0.25, 0.3) is 0 Å². The molecule has 2 nitrogen and oxygen atoms in total. The van der Waals surface area contributed by atoms with E-state index in [1.54, 1.807) is 0 Å². The SMILES string of the molecule is COC(=O)c1cc(Cl)cc(Cl)c1F. The van der Waals surface area contributed by atoms with Gasteiger partial charge >= 0.3 is 5.97 Å². The van der Waals surface area contributed by atoms with Crippen molar-refractivity contribution in [3.63, 3.8) is 0 Å². The monoisotopic (exact) mass is 222 g/mol. The van der Waals surface area contributed by atoms with Crippen LogP contribution in [0.4, 0.5) is 4.39 Å². The van der Waals surface area contributed by atoms with E-state index in [0.717, 1.165) is 13.2 Å². The molecule has 0 aromatic heterocycles. The van der Waals surface area contributed by atoms with E-state index in [9.17, 15) is 9.18 Å². The maximum Gasteiger partial charge on any atom is 0.340 e. The van der Waals surface area contributed by atoms with Gasteiger partial charge in [-0.25, -0.2) is 9.18 Å². The lowest BCUT2D eigenvalue weighted by Gasteiger charge is -2.02. The van der Waals surface area contributed by atoms with Crippen molar-refractivity contribution in [2.24, 2.45) is 0 Å². The van der Waals surface area contributed by atoms with Crippen LogP contribution in [0.15, 0.2) is 12.1 Å². The average Bonchev–Trinajstić information content (AvgIpc) is 2.10. The molecule has 0 spiro atoms. The molecule has 1 aromatic carbocycles. The highest BCUT2D eigenvalue weighted by atomic mass is 35.5. The third-order valence-electron chi connectivity index (χ3n) is 1.40. The molecule has 0 unspecified atom stereocenters. The lowest BCUT2D eigenvalue weighted by molar-refractivity contribution is 0.0595. The van der Waals surface area contributed by atoms with E-state index in [1.807, 2.05) is 0 Å². The zero-order valence-corrected chi connectivity index (χ0v) is 8.12. The molecule has 0 amide bonds. The molecule has 0 saturated carbocycles. The molecule has 1 aromatic rings. The molecule has 5 heteroatoms. The fraction of sp³-hybridized carbons (Fsp3) is 0.125. The van der Waals surface area contributed by atoms with Gasteiger partial charge in [-0.1, -0.05) is 23.2 Å². The van der Waals surface area contributed by atoms with Crippen molar-refractivity contribution < 1.29 is 13.9 Å². The molecular formula is C8H5Cl2FO2. The van der Waals surface area contributed by atoms with Gasteiger partial charge < -0.3 is 4.74 Å². The summed E-state index contributed by atoms with van der Waals surface area (Å²) < 4.78 is 17.5. The smallest absolute Gasteiger partial charge is 0.340 e. The number of esters is 1. The van der Waals surface area contributed by atoms with Crippen molar-refractivity contribution in [1.29, 1.82) is 0 Å². The van der Waals surface area contributed by atoms with Crippen molar-refractivity contribution in [2.75, 3.05) is 7.11 Å². The van der Waals surface area contributed by atoms with Crippen molar-refractivity contribution >= 4 is 29.2 Å². The summed E-state index contributed by atoms with van der Waals surface area (Å²) in [6.07, 6.45) is 0. The summed E-state index contributed by atoms with van der Waals surface area (Å²) in [4.78, 5) is 11.0. The summed E-state index contributed by atoms with van der Waals surface area (Å²) in [6.45, 7) is 0. The minimum absolute atomic E-state index is 0.187. The molecule has 0 aliphatic heterocycles. The van der Waals surface area contributed by atoms with Gasteiger partial charge in [-0.15, -0.1) is 0 Å². The summed E-state index contributed by atoms with van der Waals surface area (Å²) in [7, 11) is 1.15. The topological polar surface area (TPSA) is 26.3 Å². The molecule has 0 aliphatic carbocycles. The minimum atomic E-state index is -0.821. The highest BCUT2D eigenvalue weighted by Gasteiger charge is 2.15. The molecular weight excluding hydrogens is 218 g/mol. The normalized spacial score (nSPS) is 9.85. The second-order valence-corrected chi connectivity index (χ2v) is 3.08. The second kappa shape index (κ2) is 3.94. The van der Waals surface area contributed by atoms with E-state index in [-0.39, 0.29) is 15.6 Å². The van der Waals surface area contributed by atoms with Gasteiger partial charge in [-0.3, -0.25) is 0 Å². The zero-order valence-electron chi connectivity index (χ0n) is 6.61. The molecule has 0 fully saturated rings. The van der Waals surface area contributed by atoms with Crippen LogP contribution in [-0.4, -0.2) is 13.1 Å². The van der Waals surface area contributed by atoms with E-state index in [2.05, 4.69) is 4.74 Å². The van der Waals surface area contributed by atoms with Crippen LogP contribution in [0, 0.1) is 5.82 Å². The number of carbonyl (C=O) groups is 1. The summed E-state index contributed by atoms with van der Waals surface area (Å²) in [5.41, 5.74) is -0.264. The van der Waals surface area contributed by atoms with Gasteiger partial charge in [-0.2, -0.15) is 0 Å². The summed E-state index contributed by atoms with van der Waals surface area (Å²) in [5, 5.41) is -0.0142. The van der Waals surface area contributed by atoms with Crippen LogP contribution in [0.5, 0.6) is 0 Å². The quantitative estimate of drug-likeness (QED) is 0.540. The summed E-state index contributed by atoms with van der Waals surface area (Å²) >= 11 is 11.0. The number of methoxy groups -OCH3 is 1. The Bertz CT molecular complexity index is 352. The number of ether oxygens (including phenoxy) is 1. The molecule has 0 aliphatic rings. The lowest BCUT2D eigenvalue weighted by Crippen LogP contribution is -2.04. The first kappa shape index (κ1) is 10.3. The van der Waals surface area contributed by atoms with Gasteiger partial charge in [0.1, 0.15) is 0 Å². The van der Waals surface area contributed by atoms with Gasteiger partial charge in [-0.05, 0) is 12.1 Å². The van der Waals surface area contributed by atoms with Crippen molar-refractivity contribution in [2.45, 2.75) is 0 Å². The standard InChI is InChI=1S/C8H5Cl2FO2/c1-13-8(12)5-2-4(9)3-6(10)7(5)11/h2-3H,1H3. The summed E-state index contributed by atoms with van der Waals surface area (Å²) in [5.74, 6) is -1.63. The Kier molecular flexibility index (Phi) is 3.12. The number of hydrogen-bond acceptors (Lipinski definition) is 2. The first-order chi connectivity index (χ1) is 6.06. The van der Waals surface area contributed by atoms with Crippen LogP contribution in [0.2, 0.25) is 10.0 Å². The zero-order chi connectivity index (χ0) is 10.0. The molecule has 0 atom stereocenters. The van der Waals surface area contributed by atoms with Gasteiger partial charge in [0.25, 0.3) is 0 Å². The lowest BCUT2D eigenvalue weighted by atomic mass is 10.2. The van der Waals surface area contributed by atoms with Crippen LogP contribution in [0.1, 0.15) is 10.4 Å². The Balaban J connectivity index is 3.28. The first-order valence-corrected chi connectivity index (χ1v) is 4.04. The predicted octanol–water partition coefficient (Wildman–Crippen LogP) is 2.92. The Morgan fingerprint density at radius 1 is 1.46 bits per heavy atom. The Hall–Kier alpha value is -0.800. The average molecular weight is 223 g/mol. The molecule has 0 radical (unpaired) electrons. The Morgan fingerprint density at radius 3 is 2.62 bits per heavy atom. The van der Waals surface area contributed by atoms with Crippen LogP contribution in [-0.2, 0) is 4.74 Å². The van der Waals surface area contributed by atoms with E-state index < -0.39 is 11.8 Å². The van der Waals surface area contributed by atoms with Crippen molar-refractivity contribution in [3.8, 4) is 0 Å². The fourth-order valence-electron chi connectivity index (χ4n) is 0.814. The minimum Gasteiger partial charge on any atom is -0.465 e. The number of benzene rings is 1. The number of hydrogen-bond donors (Lipinski definition) is 0. The number of halogens is 3. The molecule has 0 N–H and O–H groups in total. The predicted molar refractivity (Wildman–Crippen MR) is 47.8 cm³/mol. The molecule has 1 rings (SSSR count). The van der Waals surface area contributed by atoms with Crippen LogP contribution in [0.3, 0.4) is 0 Å². The highest BCUT2D eigenvalue weighted by Crippen LogP contribution is 2.24. The molecule has 0 bridgehead atoms. The molecule has 0 saturated heterocycles. The van der Waals surface area contributed by atoms with Crippen LogP contribution < -0.4 is 0 Å². The molecule has 70 valence electrons. The van der Waals surface area contributed by atoms with Crippen molar-refractivity contribution in [1.82, 2.24) is 0 Å². The first-order valence-electron chi connectivity index (χ1n) is 3.29. The Morgan fingerprint density at radius 2 is 2.08 bits per heavy atom. The Labute approximate surface area is 84.2 Å². The van der Waals surface area contributed by atoms with Crippen LogP contribution >= 0.6 is 23.2 Å². The molecule has 0 heterocycles. The van der Waals surface area contributed by atoms with Crippen molar-refractivity contribution in [3.05, 3.63) is 33.6 Å². The van der Waals surface area contributed by atoms with E-state index >= 15 is 0 Å².